The Kier molecular flexibility index (Phi) is 3.87. The first-order valence-corrected chi connectivity index (χ1v) is 8.36. The van der Waals surface area contributed by atoms with E-state index in [-0.39, 0.29) is 12.4 Å². The van der Waals surface area contributed by atoms with Gasteiger partial charge in [0.05, 0.1) is 24.8 Å². The highest BCUT2D eigenvalue weighted by molar-refractivity contribution is 5.86. The van der Waals surface area contributed by atoms with E-state index in [0.717, 1.165) is 23.2 Å². The zero-order valence-electron chi connectivity index (χ0n) is 14.8. The van der Waals surface area contributed by atoms with Crippen LogP contribution in [0, 0.1) is 0 Å². The van der Waals surface area contributed by atoms with E-state index >= 15 is 0 Å². The molecule has 132 valence electrons. The predicted molar refractivity (Wildman–Crippen MR) is 95.6 cm³/mol. The van der Waals surface area contributed by atoms with Gasteiger partial charge in [0, 0.05) is 7.05 Å². The molecule has 0 saturated heterocycles. The zero-order chi connectivity index (χ0) is 18.3. The summed E-state index contributed by atoms with van der Waals surface area (Å²) >= 11 is 0. The molecule has 0 saturated carbocycles. The van der Waals surface area contributed by atoms with Crippen molar-refractivity contribution in [2.75, 3.05) is 7.11 Å². The lowest BCUT2D eigenvalue weighted by atomic mass is 10.0. The first-order chi connectivity index (χ1) is 12.6. The third kappa shape index (κ3) is 2.42. The van der Waals surface area contributed by atoms with Crippen molar-refractivity contribution < 1.29 is 9.53 Å². The van der Waals surface area contributed by atoms with Crippen molar-refractivity contribution in [1.29, 1.82) is 0 Å². The summed E-state index contributed by atoms with van der Waals surface area (Å²) in [4.78, 5) is 11.6. The molecule has 0 fully saturated rings. The number of esters is 1. The van der Waals surface area contributed by atoms with Crippen molar-refractivity contribution in [2.45, 2.75) is 19.8 Å². The number of hydrogen-bond acceptors (Lipinski definition) is 6. The van der Waals surface area contributed by atoms with Crippen molar-refractivity contribution >= 4 is 22.8 Å². The molecular formula is C18H18N6O2. The first-order valence-electron chi connectivity index (χ1n) is 8.36. The number of nitrogens with zero attached hydrogens (tertiary/aromatic N) is 6. The van der Waals surface area contributed by atoms with Crippen LogP contribution in [0.25, 0.3) is 27.9 Å². The summed E-state index contributed by atoms with van der Waals surface area (Å²) < 4.78 is 8.18. The van der Waals surface area contributed by atoms with Crippen molar-refractivity contribution in [1.82, 2.24) is 29.6 Å². The van der Waals surface area contributed by atoms with Crippen LogP contribution in [-0.4, -0.2) is 42.7 Å². The van der Waals surface area contributed by atoms with Crippen LogP contribution >= 0.6 is 0 Å². The predicted octanol–water partition coefficient (Wildman–Crippen LogP) is 1.96. The van der Waals surface area contributed by atoms with Gasteiger partial charge in [0.1, 0.15) is 5.69 Å². The van der Waals surface area contributed by atoms with Gasteiger partial charge in [0.15, 0.2) is 16.8 Å². The van der Waals surface area contributed by atoms with E-state index in [1.807, 2.05) is 30.3 Å². The quantitative estimate of drug-likeness (QED) is 0.523. The minimum Gasteiger partial charge on any atom is -0.469 e. The van der Waals surface area contributed by atoms with Crippen LogP contribution in [0.1, 0.15) is 18.3 Å². The second-order valence-corrected chi connectivity index (χ2v) is 5.97. The molecule has 0 aliphatic rings. The molecule has 8 nitrogen and oxygen atoms in total. The van der Waals surface area contributed by atoms with Crippen molar-refractivity contribution in [3.8, 4) is 11.1 Å². The van der Waals surface area contributed by atoms with E-state index in [2.05, 4.69) is 22.2 Å². The Morgan fingerprint density at radius 2 is 1.88 bits per heavy atom. The van der Waals surface area contributed by atoms with Crippen molar-refractivity contribution in [2.24, 2.45) is 7.05 Å². The topological polar surface area (TPSA) is 87.2 Å². The standard InChI is InChI=1S/C18H18N6O2/c1-4-12-15(11-8-6-5-7-9-11)17-20-19-16-13(10-14(25)26-3)21-23(2)18(16)24(17)22-12/h5-9H,4,10H2,1-3H3. The van der Waals surface area contributed by atoms with Crippen LogP contribution in [0.2, 0.25) is 0 Å². The zero-order valence-corrected chi connectivity index (χ0v) is 14.8. The molecule has 0 unspecified atom stereocenters. The lowest BCUT2D eigenvalue weighted by Gasteiger charge is -2.01. The van der Waals surface area contributed by atoms with Gasteiger partial charge >= 0.3 is 5.97 Å². The minimum atomic E-state index is -0.369. The number of aryl methyl sites for hydroxylation is 2. The van der Waals surface area contributed by atoms with Gasteiger partial charge < -0.3 is 4.74 Å². The Labute approximate surface area is 149 Å². The molecule has 0 amide bonds. The van der Waals surface area contributed by atoms with Gasteiger partial charge in [-0.25, -0.2) is 4.68 Å². The molecule has 1 aromatic carbocycles. The van der Waals surface area contributed by atoms with Gasteiger partial charge in [0.2, 0.25) is 0 Å². The molecule has 0 atom stereocenters. The van der Waals surface area contributed by atoms with E-state index in [1.54, 1.807) is 16.2 Å². The maximum atomic E-state index is 11.6. The molecule has 0 bridgehead atoms. The van der Waals surface area contributed by atoms with Crippen molar-refractivity contribution in [3.63, 3.8) is 0 Å². The van der Waals surface area contributed by atoms with E-state index in [0.29, 0.717) is 22.5 Å². The van der Waals surface area contributed by atoms with Gasteiger partial charge in [-0.3, -0.25) is 4.79 Å². The summed E-state index contributed by atoms with van der Waals surface area (Å²) in [7, 11) is 3.16. The lowest BCUT2D eigenvalue weighted by Crippen LogP contribution is -2.06. The average molecular weight is 350 g/mol. The highest BCUT2D eigenvalue weighted by Crippen LogP contribution is 2.29. The van der Waals surface area contributed by atoms with Crippen LogP contribution < -0.4 is 0 Å². The number of carbonyl (C=O) groups is 1. The summed E-state index contributed by atoms with van der Waals surface area (Å²) in [6.07, 6.45) is 0.809. The smallest absolute Gasteiger partial charge is 0.311 e. The largest absolute Gasteiger partial charge is 0.469 e. The third-order valence-electron chi connectivity index (χ3n) is 4.38. The van der Waals surface area contributed by atoms with Gasteiger partial charge in [0.25, 0.3) is 0 Å². The fraction of sp³-hybridized carbons (Fsp3) is 0.278. The van der Waals surface area contributed by atoms with Crippen molar-refractivity contribution in [3.05, 3.63) is 41.7 Å². The second kappa shape index (κ2) is 6.21. The number of rotatable bonds is 4. The Morgan fingerprint density at radius 1 is 1.12 bits per heavy atom. The van der Waals surface area contributed by atoms with E-state index in [1.165, 1.54) is 7.11 Å². The molecule has 0 aliphatic heterocycles. The van der Waals surface area contributed by atoms with Gasteiger partial charge in [-0.2, -0.15) is 14.7 Å². The fourth-order valence-corrected chi connectivity index (χ4v) is 3.16. The van der Waals surface area contributed by atoms with Crippen LogP contribution in [0.4, 0.5) is 0 Å². The van der Waals surface area contributed by atoms with Gasteiger partial charge in [-0.05, 0) is 12.0 Å². The summed E-state index contributed by atoms with van der Waals surface area (Å²) in [5.41, 5.74) is 5.41. The Morgan fingerprint density at radius 3 is 2.58 bits per heavy atom. The molecule has 4 aromatic rings. The second-order valence-electron chi connectivity index (χ2n) is 5.97. The highest BCUT2D eigenvalue weighted by atomic mass is 16.5. The summed E-state index contributed by atoms with van der Waals surface area (Å²) in [5.74, 6) is -0.369. The van der Waals surface area contributed by atoms with Crippen LogP contribution in [0.15, 0.2) is 30.3 Å². The van der Waals surface area contributed by atoms with Gasteiger partial charge in [-0.1, -0.05) is 37.3 Å². The Bertz CT molecular complexity index is 1110. The molecule has 0 spiro atoms. The molecule has 0 N–H and O–H groups in total. The van der Waals surface area contributed by atoms with Crippen LogP contribution in [-0.2, 0) is 29.4 Å². The van der Waals surface area contributed by atoms with Crippen LogP contribution in [0.3, 0.4) is 0 Å². The fourth-order valence-electron chi connectivity index (χ4n) is 3.16. The summed E-state index contributed by atoms with van der Waals surface area (Å²) in [6.45, 7) is 2.06. The number of ether oxygens (including phenoxy) is 1. The van der Waals surface area contributed by atoms with Crippen LogP contribution in [0.5, 0.6) is 0 Å². The molecule has 3 heterocycles. The maximum absolute atomic E-state index is 11.6. The highest BCUT2D eigenvalue weighted by Gasteiger charge is 2.22. The monoisotopic (exact) mass is 350 g/mol. The summed E-state index contributed by atoms with van der Waals surface area (Å²) in [6, 6.07) is 10.0. The third-order valence-corrected chi connectivity index (χ3v) is 4.38. The Balaban J connectivity index is 2.00. The number of hydrogen-bond donors (Lipinski definition) is 0. The molecule has 0 radical (unpaired) electrons. The lowest BCUT2D eigenvalue weighted by molar-refractivity contribution is -0.139. The minimum absolute atomic E-state index is 0.0431. The maximum Gasteiger partial charge on any atom is 0.311 e. The normalized spacial score (nSPS) is 11.3. The Hall–Kier alpha value is -3.29. The average Bonchev–Trinajstić information content (AvgIpc) is 3.19. The number of aromatic nitrogens is 6. The molecule has 0 aliphatic carbocycles. The number of fused-ring (bicyclic) bond motifs is 3. The van der Waals surface area contributed by atoms with Gasteiger partial charge in [-0.15, -0.1) is 10.2 Å². The number of carbonyl (C=O) groups excluding carboxylic acids is 1. The van der Waals surface area contributed by atoms with E-state index < -0.39 is 0 Å². The molecule has 26 heavy (non-hydrogen) atoms. The molecule has 3 aromatic heterocycles. The first kappa shape index (κ1) is 16.2. The summed E-state index contributed by atoms with van der Waals surface area (Å²) in [5, 5.41) is 17.9. The molecular weight excluding hydrogens is 332 g/mol. The number of methoxy groups -OCH3 is 1. The molecule has 8 heteroatoms. The SMILES string of the molecule is CCc1nn2c(nnc3c(CC(=O)OC)nn(C)c32)c1-c1ccccc1. The molecule has 4 rings (SSSR count). The van der Waals surface area contributed by atoms with E-state index in [4.69, 9.17) is 9.84 Å². The van der Waals surface area contributed by atoms with E-state index in [9.17, 15) is 4.79 Å². The number of benzene rings is 1.